The lowest BCUT2D eigenvalue weighted by Crippen LogP contribution is -2.11. The summed E-state index contributed by atoms with van der Waals surface area (Å²) in [6.45, 7) is 0. The summed E-state index contributed by atoms with van der Waals surface area (Å²) in [5, 5.41) is 7.34. The van der Waals surface area contributed by atoms with Gasteiger partial charge >= 0.3 is 0 Å². The lowest BCUT2D eigenvalue weighted by molar-refractivity contribution is 0.669. The monoisotopic (exact) mass is 795 g/mol. The van der Waals surface area contributed by atoms with Crippen molar-refractivity contribution in [1.29, 1.82) is 0 Å². The predicted molar refractivity (Wildman–Crippen MR) is 261 cm³/mol. The second-order valence-corrected chi connectivity index (χ2v) is 16.7. The van der Waals surface area contributed by atoms with E-state index in [1.54, 1.807) is 0 Å². The van der Waals surface area contributed by atoms with Gasteiger partial charge < -0.3 is 9.32 Å². The Labute approximate surface area is 357 Å². The second-order valence-electron chi connectivity index (χ2n) is 15.7. The van der Waals surface area contributed by atoms with Crippen LogP contribution in [0.4, 0.5) is 17.1 Å². The number of rotatable bonds is 7. The molecular formula is C58H37NOS. The zero-order valence-electron chi connectivity index (χ0n) is 33.1. The molecule has 0 saturated heterocycles. The lowest BCUT2D eigenvalue weighted by atomic mass is 9.96. The van der Waals surface area contributed by atoms with Crippen molar-refractivity contribution in [2.24, 2.45) is 0 Å². The molecule has 2 heterocycles. The Hall–Kier alpha value is -7.72. The highest BCUT2D eigenvalue weighted by molar-refractivity contribution is 7.26. The molecule has 0 unspecified atom stereocenters. The third kappa shape index (κ3) is 6.18. The number of anilines is 3. The fourth-order valence-corrected chi connectivity index (χ4v) is 10.3. The zero-order chi connectivity index (χ0) is 40.3. The summed E-state index contributed by atoms with van der Waals surface area (Å²) < 4.78 is 8.98. The predicted octanol–water partition coefficient (Wildman–Crippen LogP) is 17.2. The minimum Gasteiger partial charge on any atom is -0.456 e. The molecule has 0 radical (unpaired) electrons. The molecule has 2 nitrogen and oxygen atoms in total. The van der Waals surface area contributed by atoms with Crippen LogP contribution in [0.1, 0.15) is 0 Å². The normalized spacial score (nSPS) is 11.6. The molecule has 286 valence electrons. The summed E-state index contributed by atoms with van der Waals surface area (Å²) in [5.41, 5.74) is 14.4. The molecule has 0 saturated carbocycles. The fraction of sp³-hybridized carbons (Fsp3) is 0. The van der Waals surface area contributed by atoms with Crippen molar-refractivity contribution in [3.63, 3.8) is 0 Å². The van der Waals surface area contributed by atoms with Gasteiger partial charge in [0, 0.05) is 47.9 Å². The number of nitrogens with zero attached hydrogens (tertiary/aromatic N) is 1. The van der Waals surface area contributed by atoms with Gasteiger partial charge in [0.15, 0.2) is 0 Å². The van der Waals surface area contributed by atoms with Crippen molar-refractivity contribution < 1.29 is 4.42 Å². The molecule has 12 rings (SSSR count). The molecule has 0 spiro atoms. The molecule has 0 aliphatic rings. The number of furan rings is 1. The van der Waals surface area contributed by atoms with Gasteiger partial charge in [0.2, 0.25) is 0 Å². The van der Waals surface area contributed by atoms with E-state index < -0.39 is 0 Å². The highest BCUT2D eigenvalue weighted by Gasteiger charge is 2.20. The van der Waals surface area contributed by atoms with Crippen LogP contribution in [-0.2, 0) is 0 Å². The van der Waals surface area contributed by atoms with E-state index in [1.165, 1.54) is 53.2 Å². The van der Waals surface area contributed by atoms with Crippen molar-refractivity contribution in [2.45, 2.75) is 0 Å². The Kier molecular flexibility index (Phi) is 8.39. The van der Waals surface area contributed by atoms with Crippen molar-refractivity contribution in [3.8, 4) is 44.5 Å². The molecule has 0 atom stereocenters. The fourth-order valence-electron chi connectivity index (χ4n) is 9.09. The minimum absolute atomic E-state index is 0.890. The first kappa shape index (κ1) is 35.2. The summed E-state index contributed by atoms with van der Waals surface area (Å²) in [6, 6.07) is 81.3. The van der Waals surface area contributed by atoms with Crippen LogP contribution >= 0.6 is 11.3 Å². The second kappa shape index (κ2) is 14.5. The van der Waals surface area contributed by atoms with Gasteiger partial charge in [-0.2, -0.15) is 0 Å². The quantitative estimate of drug-likeness (QED) is 0.160. The van der Waals surface area contributed by atoms with Crippen LogP contribution in [0.3, 0.4) is 0 Å². The topological polar surface area (TPSA) is 16.4 Å². The van der Waals surface area contributed by atoms with E-state index >= 15 is 0 Å². The third-order valence-electron chi connectivity index (χ3n) is 12.0. The summed E-state index contributed by atoms with van der Waals surface area (Å²) in [4.78, 5) is 2.42. The molecule has 0 aliphatic heterocycles. The largest absolute Gasteiger partial charge is 0.456 e. The van der Waals surface area contributed by atoms with E-state index in [2.05, 4.69) is 217 Å². The van der Waals surface area contributed by atoms with Crippen LogP contribution < -0.4 is 4.90 Å². The zero-order valence-corrected chi connectivity index (χ0v) is 33.9. The van der Waals surface area contributed by atoms with E-state index in [-0.39, 0.29) is 0 Å². The van der Waals surface area contributed by atoms with E-state index in [4.69, 9.17) is 4.42 Å². The Morgan fingerprint density at radius 3 is 1.75 bits per heavy atom. The third-order valence-corrected chi connectivity index (χ3v) is 13.3. The number of benzene rings is 10. The number of hydrogen-bond acceptors (Lipinski definition) is 3. The average Bonchev–Trinajstić information content (AvgIpc) is 3.90. The molecule has 61 heavy (non-hydrogen) atoms. The maximum absolute atomic E-state index is 6.34. The summed E-state index contributed by atoms with van der Waals surface area (Å²) in [6.07, 6.45) is 0. The van der Waals surface area contributed by atoms with Crippen molar-refractivity contribution in [1.82, 2.24) is 0 Å². The minimum atomic E-state index is 0.890. The summed E-state index contributed by atoms with van der Waals surface area (Å²) in [7, 11) is 0. The molecule has 0 N–H and O–H groups in total. The number of fused-ring (bicyclic) bond motifs is 7. The Morgan fingerprint density at radius 2 is 0.902 bits per heavy atom. The maximum atomic E-state index is 6.34. The lowest BCUT2D eigenvalue weighted by Gasteiger charge is -2.29. The van der Waals surface area contributed by atoms with Crippen LogP contribution in [0.25, 0.3) is 97.4 Å². The van der Waals surface area contributed by atoms with Gasteiger partial charge in [0.25, 0.3) is 0 Å². The first-order valence-corrected chi connectivity index (χ1v) is 21.5. The van der Waals surface area contributed by atoms with E-state index in [1.807, 2.05) is 23.5 Å². The van der Waals surface area contributed by atoms with Gasteiger partial charge in [-0.3, -0.25) is 0 Å². The molecule has 0 fully saturated rings. The summed E-state index contributed by atoms with van der Waals surface area (Å²) >= 11 is 1.88. The molecule has 0 amide bonds. The highest BCUT2D eigenvalue weighted by atomic mass is 32.1. The van der Waals surface area contributed by atoms with E-state index in [9.17, 15) is 0 Å². The molecule has 0 bridgehead atoms. The Balaban J connectivity index is 1.00. The number of para-hydroxylation sites is 2. The van der Waals surface area contributed by atoms with Gasteiger partial charge in [-0.1, -0.05) is 158 Å². The number of thiophene rings is 1. The Morgan fingerprint density at radius 1 is 0.328 bits per heavy atom. The molecular weight excluding hydrogens is 759 g/mol. The molecule has 12 aromatic rings. The Bertz CT molecular complexity index is 3630. The first-order valence-electron chi connectivity index (χ1n) is 20.7. The standard InChI is InChI=1S/C58H37NOS/c1-2-14-39-33-45(30-29-38(39)13-1)48-21-3-6-26-54(48)59(47-20-11-17-42(36-47)43-31-32-51-50-22-4-7-27-55(50)60-56(51)37-43)46-19-10-16-41(35-46)40-15-9-18-44(34-40)49-24-12-25-53-52-23-5-8-28-57(52)61-58(49)53/h1-37H. The maximum Gasteiger partial charge on any atom is 0.136 e. The number of hydrogen-bond donors (Lipinski definition) is 0. The molecule has 0 aliphatic carbocycles. The van der Waals surface area contributed by atoms with Crippen molar-refractivity contribution in [2.75, 3.05) is 4.90 Å². The highest BCUT2D eigenvalue weighted by Crippen LogP contribution is 2.45. The molecule has 3 heteroatoms. The van der Waals surface area contributed by atoms with Crippen molar-refractivity contribution >= 4 is 81.3 Å². The van der Waals surface area contributed by atoms with Gasteiger partial charge in [-0.25, -0.2) is 0 Å². The SMILES string of the molecule is c1cc(-c2cccc(N(c3cccc(-c4ccc5c(c4)oc4ccccc45)c3)c3ccccc3-c3ccc4ccccc4c3)c2)cc(-c2cccc3c2sc2ccccc23)c1. The van der Waals surface area contributed by atoms with Crippen LogP contribution in [-0.4, -0.2) is 0 Å². The van der Waals surface area contributed by atoms with Crippen LogP contribution in [0.2, 0.25) is 0 Å². The van der Waals surface area contributed by atoms with Gasteiger partial charge in [-0.15, -0.1) is 11.3 Å². The average molecular weight is 796 g/mol. The van der Waals surface area contributed by atoms with Crippen LogP contribution in [0, 0.1) is 0 Å². The summed E-state index contributed by atoms with van der Waals surface area (Å²) in [5.74, 6) is 0. The van der Waals surface area contributed by atoms with Crippen LogP contribution in [0.5, 0.6) is 0 Å². The van der Waals surface area contributed by atoms with Gasteiger partial charge in [-0.05, 0) is 116 Å². The van der Waals surface area contributed by atoms with Gasteiger partial charge in [0.05, 0.1) is 5.69 Å². The van der Waals surface area contributed by atoms with Crippen LogP contribution in [0.15, 0.2) is 229 Å². The molecule has 2 aromatic heterocycles. The molecule has 10 aromatic carbocycles. The van der Waals surface area contributed by atoms with E-state index in [0.717, 1.165) is 61.3 Å². The van der Waals surface area contributed by atoms with E-state index in [0.29, 0.717) is 0 Å². The van der Waals surface area contributed by atoms with Gasteiger partial charge in [0.1, 0.15) is 11.2 Å². The van der Waals surface area contributed by atoms with Crippen molar-refractivity contribution in [3.05, 3.63) is 224 Å². The smallest absolute Gasteiger partial charge is 0.136 e. The first-order chi connectivity index (χ1) is 30.2.